The highest BCUT2D eigenvalue weighted by molar-refractivity contribution is 5.76. The Balaban J connectivity index is 1.82. The van der Waals surface area contributed by atoms with Crippen LogP contribution in [0.25, 0.3) is 0 Å². The number of anilines is 1. The molecule has 2 rings (SSSR count). The third kappa shape index (κ3) is 3.95. The summed E-state index contributed by atoms with van der Waals surface area (Å²) in [6.45, 7) is 4.18. The minimum absolute atomic E-state index is 0.199. The first-order chi connectivity index (χ1) is 9.69. The molecular formula is C15H20N4O. The van der Waals surface area contributed by atoms with Gasteiger partial charge in [0.05, 0.1) is 11.6 Å². The maximum atomic E-state index is 12.0. The number of aromatic nitrogens is 1. The van der Waals surface area contributed by atoms with Gasteiger partial charge in [-0.3, -0.25) is 4.79 Å². The van der Waals surface area contributed by atoms with Gasteiger partial charge in [-0.05, 0) is 38.3 Å². The molecule has 0 atom stereocenters. The Morgan fingerprint density at radius 1 is 1.40 bits per heavy atom. The first-order valence-corrected chi connectivity index (χ1v) is 7.09. The monoisotopic (exact) mass is 272 g/mol. The zero-order chi connectivity index (χ0) is 14.4. The van der Waals surface area contributed by atoms with Crippen LogP contribution in [-0.4, -0.2) is 35.4 Å². The van der Waals surface area contributed by atoms with Crippen molar-refractivity contribution in [3.8, 4) is 6.07 Å². The molecule has 1 aliphatic heterocycles. The predicted molar refractivity (Wildman–Crippen MR) is 77.2 cm³/mol. The van der Waals surface area contributed by atoms with Gasteiger partial charge in [-0.25, -0.2) is 4.98 Å². The lowest BCUT2D eigenvalue weighted by Gasteiger charge is -2.26. The summed E-state index contributed by atoms with van der Waals surface area (Å²) in [6, 6.07) is 5.55. The summed E-state index contributed by atoms with van der Waals surface area (Å²) >= 11 is 0. The maximum absolute atomic E-state index is 12.0. The molecule has 5 heteroatoms. The summed E-state index contributed by atoms with van der Waals surface area (Å²) in [5.74, 6) is 0.860. The SMILES string of the molecule is Cc1cc(C#N)cc(NCCC(=O)N2CCCCC2)n1. The molecule has 0 aromatic carbocycles. The number of aryl methyl sites for hydroxylation is 1. The largest absolute Gasteiger partial charge is 0.370 e. The summed E-state index contributed by atoms with van der Waals surface area (Å²) in [5.41, 5.74) is 1.39. The molecule has 2 heterocycles. The van der Waals surface area contributed by atoms with E-state index in [1.54, 1.807) is 12.1 Å². The quantitative estimate of drug-likeness (QED) is 0.911. The number of piperidine rings is 1. The molecule has 1 aromatic rings. The molecule has 1 amide bonds. The van der Waals surface area contributed by atoms with Crippen molar-refractivity contribution in [2.75, 3.05) is 25.0 Å². The zero-order valence-electron chi connectivity index (χ0n) is 11.9. The molecule has 1 aliphatic rings. The van der Waals surface area contributed by atoms with Crippen molar-refractivity contribution in [1.82, 2.24) is 9.88 Å². The molecular weight excluding hydrogens is 252 g/mol. The van der Waals surface area contributed by atoms with Crippen LogP contribution in [0.4, 0.5) is 5.82 Å². The fourth-order valence-corrected chi connectivity index (χ4v) is 2.42. The van der Waals surface area contributed by atoms with Gasteiger partial charge in [-0.15, -0.1) is 0 Å². The van der Waals surface area contributed by atoms with E-state index < -0.39 is 0 Å². The average Bonchev–Trinajstić information content (AvgIpc) is 2.47. The average molecular weight is 272 g/mol. The van der Waals surface area contributed by atoms with Crippen LogP contribution in [0.5, 0.6) is 0 Å². The number of amides is 1. The Hall–Kier alpha value is -2.09. The summed E-state index contributed by atoms with van der Waals surface area (Å²) in [6.07, 6.45) is 3.93. The van der Waals surface area contributed by atoms with Gasteiger partial charge in [0.15, 0.2) is 0 Å². The molecule has 1 fully saturated rings. The number of nitrogens with one attached hydrogen (secondary N) is 1. The number of pyridine rings is 1. The Morgan fingerprint density at radius 2 is 2.15 bits per heavy atom. The topological polar surface area (TPSA) is 69.0 Å². The van der Waals surface area contributed by atoms with Crippen LogP contribution in [0.3, 0.4) is 0 Å². The van der Waals surface area contributed by atoms with E-state index in [-0.39, 0.29) is 5.91 Å². The number of carbonyl (C=O) groups is 1. The molecule has 0 radical (unpaired) electrons. The molecule has 0 saturated carbocycles. The van der Waals surface area contributed by atoms with Crippen molar-refractivity contribution >= 4 is 11.7 Å². The molecule has 1 aromatic heterocycles. The van der Waals surface area contributed by atoms with E-state index in [0.717, 1.165) is 31.6 Å². The summed E-state index contributed by atoms with van der Waals surface area (Å²) < 4.78 is 0. The fourth-order valence-electron chi connectivity index (χ4n) is 2.42. The van der Waals surface area contributed by atoms with Crippen LogP contribution in [0.2, 0.25) is 0 Å². The second-order valence-electron chi connectivity index (χ2n) is 5.11. The molecule has 106 valence electrons. The molecule has 0 spiro atoms. The lowest BCUT2D eigenvalue weighted by atomic mass is 10.1. The Labute approximate surface area is 119 Å². The van der Waals surface area contributed by atoms with Crippen molar-refractivity contribution in [3.63, 3.8) is 0 Å². The number of nitriles is 1. The normalized spacial score (nSPS) is 14.7. The molecule has 0 unspecified atom stereocenters. The Kier molecular flexibility index (Phi) is 4.94. The van der Waals surface area contributed by atoms with E-state index in [1.807, 2.05) is 11.8 Å². The smallest absolute Gasteiger partial charge is 0.224 e. The zero-order valence-corrected chi connectivity index (χ0v) is 11.9. The minimum Gasteiger partial charge on any atom is -0.370 e. The van der Waals surface area contributed by atoms with Gasteiger partial charge in [0.25, 0.3) is 0 Å². The molecule has 0 aliphatic carbocycles. The van der Waals surface area contributed by atoms with Crippen LogP contribution in [0.1, 0.15) is 36.9 Å². The van der Waals surface area contributed by atoms with Gasteiger partial charge in [-0.2, -0.15) is 5.26 Å². The van der Waals surface area contributed by atoms with Gasteiger partial charge in [0.2, 0.25) is 5.91 Å². The highest BCUT2D eigenvalue weighted by Crippen LogP contribution is 2.11. The number of hydrogen-bond acceptors (Lipinski definition) is 4. The van der Waals surface area contributed by atoms with Crippen molar-refractivity contribution in [3.05, 3.63) is 23.4 Å². The lowest BCUT2D eigenvalue weighted by Crippen LogP contribution is -2.36. The van der Waals surface area contributed by atoms with Gasteiger partial charge >= 0.3 is 0 Å². The Bertz CT molecular complexity index is 515. The molecule has 1 saturated heterocycles. The van der Waals surface area contributed by atoms with Crippen LogP contribution >= 0.6 is 0 Å². The highest BCUT2D eigenvalue weighted by Gasteiger charge is 2.15. The molecule has 5 nitrogen and oxygen atoms in total. The number of hydrogen-bond donors (Lipinski definition) is 1. The third-order valence-corrected chi connectivity index (χ3v) is 3.44. The molecule has 1 N–H and O–H groups in total. The van der Waals surface area contributed by atoms with E-state index in [9.17, 15) is 4.79 Å². The first-order valence-electron chi connectivity index (χ1n) is 7.09. The van der Waals surface area contributed by atoms with Gasteiger partial charge in [0.1, 0.15) is 5.82 Å². The van der Waals surface area contributed by atoms with Crippen molar-refractivity contribution < 1.29 is 4.79 Å². The van der Waals surface area contributed by atoms with Crippen LogP contribution < -0.4 is 5.32 Å². The predicted octanol–water partition coefficient (Wildman–Crippen LogP) is 2.08. The number of rotatable bonds is 4. The number of nitrogens with zero attached hydrogens (tertiary/aromatic N) is 3. The van der Waals surface area contributed by atoms with E-state index >= 15 is 0 Å². The van der Waals surface area contributed by atoms with Crippen molar-refractivity contribution in [2.45, 2.75) is 32.6 Å². The standard InChI is InChI=1S/C15H20N4O/c1-12-9-13(11-16)10-14(18-12)17-6-5-15(20)19-7-3-2-4-8-19/h9-10H,2-8H2,1H3,(H,17,18). The summed E-state index contributed by atoms with van der Waals surface area (Å²) in [7, 11) is 0. The molecule has 0 bridgehead atoms. The third-order valence-electron chi connectivity index (χ3n) is 3.44. The Morgan fingerprint density at radius 3 is 2.85 bits per heavy atom. The van der Waals surface area contributed by atoms with Gasteiger partial charge in [-0.1, -0.05) is 0 Å². The van der Waals surface area contributed by atoms with E-state index in [0.29, 0.717) is 24.3 Å². The second-order valence-corrected chi connectivity index (χ2v) is 5.11. The van der Waals surface area contributed by atoms with Crippen LogP contribution in [0.15, 0.2) is 12.1 Å². The summed E-state index contributed by atoms with van der Waals surface area (Å²) in [4.78, 5) is 18.2. The van der Waals surface area contributed by atoms with Crippen molar-refractivity contribution in [1.29, 1.82) is 5.26 Å². The maximum Gasteiger partial charge on any atom is 0.224 e. The van der Waals surface area contributed by atoms with E-state index in [2.05, 4.69) is 16.4 Å². The lowest BCUT2D eigenvalue weighted by molar-refractivity contribution is -0.131. The minimum atomic E-state index is 0.199. The second kappa shape index (κ2) is 6.90. The fraction of sp³-hybridized carbons (Fsp3) is 0.533. The van der Waals surface area contributed by atoms with Gasteiger partial charge in [0, 0.05) is 31.7 Å². The van der Waals surface area contributed by atoms with Crippen molar-refractivity contribution in [2.24, 2.45) is 0 Å². The van der Waals surface area contributed by atoms with E-state index in [4.69, 9.17) is 5.26 Å². The number of carbonyl (C=O) groups excluding carboxylic acids is 1. The first kappa shape index (κ1) is 14.3. The molecule has 20 heavy (non-hydrogen) atoms. The summed E-state index contributed by atoms with van der Waals surface area (Å²) in [5, 5.41) is 12.0. The van der Waals surface area contributed by atoms with Crippen LogP contribution in [0, 0.1) is 18.3 Å². The highest BCUT2D eigenvalue weighted by atomic mass is 16.2. The number of likely N-dealkylation sites (tertiary alicyclic amines) is 1. The van der Waals surface area contributed by atoms with Crippen LogP contribution in [-0.2, 0) is 4.79 Å². The van der Waals surface area contributed by atoms with E-state index in [1.165, 1.54) is 6.42 Å². The van der Waals surface area contributed by atoms with Gasteiger partial charge < -0.3 is 10.2 Å².